The molecule has 1 saturated heterocycles. The highest BCUT2D eigenvalue weighted by Gasteiger charge is 2.31. The summed E-state index contributed by atoms with van der Waals surface area (Å²) in [4.78, 5) is 5.72. The summed E-state index contributed by atoms with van der Waals surface area (Å²) in [5.41, 5.74) is 2.31. The minimum absolute atomic E-state index is 0.0387. The summed E-state index contributed by atoms with van der Waals surface area (Å²) >= 11 is 0. The monoisotopic (exact) mass is 388 g/mol. The molecule has 1 aliphatic carbocycles. The van der Waals surface area contributed by atoms with Crippen LogP contribution in [0.25, 0.3) is 0 Å². The Bertz CT molecular complexity index is 565. The summed E-state index contributed by atoms with van der Waals surface area (Å²) in [6, 6.07) is 0. The van der Waals surface area contributed by atoms with Gasteiger partial charge >= 0.3 is 0 Å². The summed E-state index contributed by atoms with van der Waals surface area (Å²) < 4.78 is 2.41. The van der Waals surface area contributed by atoms with Crippen molar-refractivity contribution in [2.45, 2.75) is 70.8 Å². The molecule has 0 radical (unpaired) electrons. The van der Waals surface area contributed by atoms with Gasteiger partial charge in [0.05, 0.1) is 5.71 Å². The molecule has 27 heavy (non-hydrogen) atoms. The van der Waals surface area contributed by atoms with Gasteiger partial charge in [-0.15, -0.1) is 0 Å². The van der Waals surface area contributed by atoms with Gasteiger partial charge in [-0.2, -0.15) is 0 Å². The van der Waals surface area contributed by atoms with E-state index in [0.29, 0.717) is 5.92 Å². The number of hydrogen-bond donors (Lipinski definition) is 0. The molecular weight excluding hydrogens is 351 g/mol. The Balaban J connectivity index is 1.45. The SMILES string of the molecule is C=C(/C=C\C=C/C)C1CC(C2CCCC(C3CCN(P)CC3)CCC2)=NO1. The summed E-state index contributed by atoms with van der Waals surface area (Å²) in [7, 11) is 2.88. The Morgan fingerprint density at radius 3 is 2.41 bits per heavy atom. The first-order valence-corrected chi connectivity index (χ1v) is 11.4. The van der Waals surface area contributed by atoms with Gasteiger partial charge in [0.1, 0.15) is 0 Å². The molecule has 0 amide bonds. The summed E-state index contributed by atoms with van der Waals surface area (Å²) in [5, 5.41) is 4.48. The van der Waals surface area contributed by atoms with Crippen molar-refractivity contribution in [2.24, 2.45) is 22.9 Å². The molecule has 0 spiro atoms. The zero-order chi connectivity index (χ0) is 19.1. The van der Waals surface area contributed by atoms with Gasteiger partial charge in [0.25, 0.3) is 0 Å². The van der Waals surface area contributed by atoms with Crippen molar-refractivity contribution >= 4 is 15.1 Å². The molecule has 0 aromatic carbocycles. The van der Waals surface area contributed by atoms with E-state index in [0.717, 1.165) is 23.8 Å². The van der Waals surface area contributed by atoms with Crippen molar-refractivity contribution < 1.29 is 4.84 Å². The topological polar surface area (TPSA) is 24.8 Å². The lowest BCUT2D eigenvalue weighted by atomic mass is 9.75. The number of rotatable bonds is 5. The van der Waals surface area contributed by atoms with Gasteiger partial charge in [-0.3, -0.25) is 4.67 Å². The molecule has 2 unspecified atom stereocenters. The van der Waals surface area contributed by atoms with Crippen molar-refractivity contribution in [3.05, 3.63) is 36.5 Å². The molecule has 2 atom stereocenters. The highest BCUT2D eigenvalue weighted by Crippen LogP contribution is 2.37. The Labute approximate surface area is 168 Å². The van der Waals surface area contributed by atoms with Crippen LogP contribution in [0, 0.1) is 17.8 Å². The van der Waals surface area contributed by atoms with Gasteiger partial charge in [-0.25, -0.2) is 0 Å². The van der Waals surface area contributed by atoms with Gasteiger partial charge in [-0.1, -0.05) is 71.1 Å². The fraction of sp³-hybridized carbons (Fsp3) is 0.696. The Hall–Kier alpha value is -0.920. The van der Waals surface area contributed by atoms with Crippen LogP contribution in [0.4, 0.5) is 0 Å². The molecule has 150 valence electrons. The maximum Gasteiger partial charge on any atom is 0.157 e. The Kier molecular flexibility index (Phi) is 8.15. The van der Waals surface area contributed by atoms with Crippen LogP contribution in [0.2, 0.25) is 0 Å². The van der Waals surface area contributed by atoms with Crippen LogP contribution in [0.1, 0.15) is 64.7 Å². The van der Waals surface area contributed by atoms with Gasteiger partial charge in [0, 0.05) is 25.4 Å². The molecule has 4 heteroatoms. The smallest absolute Gasteiger partial charge is 0.157 e. The van der Waals surface area contributed by atoms with E-state index in [1.54, 1.807) is 0 Å². The second-order valence-electron chi connectivity index (χ2n) is 8.53. The number of oxime groups is 1. The van der Waals surface area contributed by atoms with Crippen LogP contribution in [0.3, 0.4) is 0 Å². The van der Waals surface area contributed by atoms with E-state index in [1.165, 1.54) is 70.2 Å². The second-order valence-corrected chi connectivity index (χ2v) is 9.26. The normalized spacial score (nSPS) is 31.6. The first kappa shape index (κ1) is 20.8. The Morgan fingerprint density at radius 1 is 1.07 bits per heavy atom. The minimum atomic E-state index is 0.0387. The fourth-order valence-electron chi connectivity index (χ4n) is 4.97. The predicted octanol–water partition coefficient (Wildman–Crippen LogP) is 5.91. The van der Waals surface area contributed by atoms with Gasteiger partial charge in [-0.05, 0) is 50.0 Å². The van der Waals surface area contributed by atoms with Crippen LogP contribution >= 0.6 is 9.39 Å². The lowest BCUT2D eigenvalue weighted by molar-refractivity contribution is 0.114. The van der Waals surface area contributed by atoms with Crippen molar-refractivity contribution in [1.29, 1.82) is 0 Å². The first-order chi connectivity index (χ1) is 13.2. The third-order valence-electron chi connectivity index (χ3n) is 6.69. The quantitative estimate of drug-likeness (QED) is 0.432. The molecule has 0 aromatic rings. The number of piperidine rings is 1. The third kappa shape index (κ3) is 6.03. The van der Waals surface area contributed by atoms with E-state index >= 15 is 0 Å². The van der Waals surface area contributed by atoms with Crippen molar-refractivity contribution in [3.8, 4) is 0 Å². The van der Waals surface area contributed by atoms with Crippen LogP contribution in [-0.2, 0) is 4.84 Å². The zero-order valence-electron chi connectivity index (χ0n) is 17.0. The predicted molar refractivity (Wildman–Crippen MR) is 119 cm³/mol. The van der Waals surface area contributed by atoms with Crippen LogP contribution in [0.5, 0.6) is 0 Å². The van der Waals surface area contributed by atoms with E-state index < -0.39 is 0 Å². The maximum atomic E-state index is 5.72. The van der Waals surface area contributed by atoms with Gasteiger partial charge in [0.15, 0.2) is 6.10 Å². The third-order valence-corrected chi connectivity index (χ3v) is 7.20. The minimum Gasteiger partial charge on any atom is -0.387 e. The molecular formula is C23H37N2OP. The molecule has 0 bridgehead atoms. The number of hydrogen-bond acceptors (Lipinski definition) is 3. The summed E-state index contributed by atoms with van der Waals surface area (Å²) in [6.45, 7) is 8.70. The average molecular weight is 389 g/mol. The fourth-order valence-corrected chi connectivity index (χ4v) is 5.27. The molecule has 0 N–H and O–H groups in total. The average Bonchev–Trinajstić information content (AvgIpc) is 3.13. The summed E-state index contributed by atoms with van der Waals surface area (Å²) in [6.07, 6.45) is 20.0. The lowest BCUT2D eigenvalue weighted by Gasteiger charge is -2.35. The molecule has 3 rings (SSSR count). The van der Waals surface area contributed by atoms with E-state index in [2.05, 4.69) is 25.8 Å². The first-order valence-electron chi connectivity index (χ1n) is 10.9. The van der Waals surface area contributed by atoms with Gasteiger partial charge < -0.3 is 4.84 Å². The van der Waals surface area contributed by atoms with Crippen molar-refractivity contribution in [2.75, 3.05) is 13.1 Å². The highest BCUT2D eigenvalue weighted by atomic mass is 31.0. The molecule has 2 fully saturated rings. The summed E-state index contributed by atoms with van der Waals surface area (Å²) in [5.74, 6) is 2.54. The van der Waals surface area contributed by atoms with Crippen LogP contribution < -0.4 is 0 Å². The molecule has 2 aliphatic heterocycles. The van der Waals surface area contributed by atoms with Crippen molar-refractivity contribution in [1.82, 2.24) is 4.67 Å². The Morgan fingerprint density at radius 2 is 1.74 bits per heavy atom. The standard InChI is InChI=1S/C23H37N2OP/c1-3-4-5-8-18(2)23-17-22(24-26-23)21-11-6-9-19(10-7-12-21)20-13-15-25(27)16-14-20/h3-5,8,19-21,23H,2,6-7,9-17,27H2,1H3/b4-3-,8-5-. The van der Waals surface area contributed by atoms with E-state index in [1.807, 2.05) is 31.2 Å². The maximum absolute atomic E-state index is 5.72. The number of nitrogens with zero attached hydrogens (tertiary/aromatic N) is 2. The molecule has 3 aliphatic rings. The largest absolute Gasteiger partial charge is 0.387 e. The zero-order valence-corrected chi connectivity index (χ0v) is 18.1. The molecule has 2 heterocycles. The highest BCUT2D eigenvalue weighted by molar-refractivity contribution is 7.13. The molecule has 3 nitrogen and oxygen atoms in total. The lowest BCUT2D eigenvalue weighted by Crippen LogP contribution is -2.31. The number of allylic oxidation sites excluding steroid dienone is 3. The van der Waals surface area contributed by atoms with E-state index in [9.17, 15) is 0 Å². The molecule has 0 aromatic heterocycles. The van der Waals surface area contributed by atoms with E-state index in [-0.39, 0.29) is 6.10 Å². The molecule has 1 saturated carbocycles. The van der Waals surface area contributed by atoms with Crippen LogP contribution in [0.15, 0.2) is 41.6 Å². The second kappa shape index (κ2) is 10.6. The van der Waals surface area contributed by atoms with Crippen LogP contribution in [-0.4, -0.2) is 29.6 Å². The van der Waals surface area contributed by atoms with Gasteiger partial charge in [0.2, 0.25) is 0 Å². The van der Waals surface area contributed by atoms with Crippen molar-refractivity contribution in [3.63, 3.8) is 0 Å². The van der Waals surface area contributed by atoms with E-state index in [4.69, 9.17) is 4.84 Å².